The van der Waals surface area contributed by atoms with Gasteiger partial charge in [0.05, 0.1) is 23.3 Å². The molecule has 0 spiro atoms. The zero-order chi connectivity index (χ0) is 20.1. The number of phenolic OH excluding ortho intramolecular Hbond substituents is 1. The Kier molecular flexibility index (Phi) is 6.09. The van der Waals surface area contributed by atoms with Crippen molar-refractivity contribution in [1.82, 2.24) is 0 Å². The molecule has 0 saturated carbocycles. The van der Waals surface area contributed by atoms with Gasteiger partial charge in [0.1, 0.15) is 17.8 Å². The summed E-state index contributed by atoms with van der Waals surface area (Å²) in [4.78, 5) is 36.1. The molecule has 2 aromatic rings. The summed E-state index contributed by atoms with van der Waals surface area (Å²) in [6, 6.07) is 13.1. The number of hydrogen-bond acceptors (Lipinski definition) is 5. The van der Waals surface area contributed by atoms with Crippen LogP contribution in [0, 0.1) is 5.92 Å². The SMILES string of the molecule is CC(CCCc1ccccc1)Oc1cc(O)c2c(c1)N(C=O)CC(C=O)C2=O. The van der Waals surface area contributed by atoms with Crippen LogP contribution in [0.3, 0.4) is 0 Å². The number of amides is 1. The molecule has 2 aromatic carbocycles. The van der Waals surface area contributed by atoms with Gasteiger partial charge in [-0.3, -0.25) is 9.59 Å². The van der Waals surface area contributed by atoms with Crippen LogP contribution < -0.4 is 9.64 Å². The molecule has 0 radical (unpaired) electrons. The Morgan fingerprint density at radius 2 is 2.00 bits per heavy atom. The average Bonchev–Trinajstić information content (AvgIpc) is 2.69. The molecule has 3 rings (SSSR count). The Balaban J connectivity index is 1.70. The van der Waals surface area contributed by atoms with Crippen molar-refractivity contribution in [3.8, 4) is 11.5 Å². The molecule has 0 aromatic heterocycles. The molecule has 1 heterocycles. The lowest BCUT2D eigenvalue weighted by atomic mass is 9.91. The molecule has 0 fully saturated rings. The fraction of sp³-hybridized carbons (Fsp3) is 0.318. The molecule has 28 heavy (non-hydrogen) atoms. The lowest BCUT2D eigenvalue weighted by Crippen LogP contribution is -2.39. The van der Waals surface area contributed by atoms with Crippen molar-refractivity contribution < 1.29 is 24.2 Å². The number of hydrogen-bond donors (Lipinski definition) is 1. The van der Waals surface area contributed by atoms with E-state index in [2.05, 4.69) is 12.1 Å². The predicted octanol–water partition coefficient (Wildman–Crippen LogP) is 3.16. The summed E-state index contributed by atoms with van der Waals surface area (Å²) in [5.74, 6) is -1.35. The van der Waals surface area contributed by atoms with E-state index in [1.807, 2.05) is 25.1 Å². The van der Waals surface area contributed by atoms with Gasteiger partial charge in [-0.15, -0.1) is 0 Å². The molecular formula is C22H23NO5. The lowest BCUT2D eigenvalue weighted by molar-refractivity contribution is -0.110. The summed E-state index contributed by atoms with van der Waals surface area (Å²) in [6.45, 7) is 1.90. The number of carbonyl (C=O) groups excluding carboxylic acids is 3. The highest BCUT2D eigenvalue weighted by Gasteiger charge is 2.34. The number of fused-ring (bicyclic) bond motifs is 1. The van der Waals surface area contributed by atoms with E-state index < -0.39 is 11.7 Å². The number of aryl methyl sites for hydroxylation is 1. The Bertz CT molecular complexity index is 865. The van der Waals surface area contributed by atoms with Gasteiger partial charge in [0, 0.05) is 18.7 Å². The number of anilines is 1. The van der Waals surface area contributed by atoms with E-state index in [4.69, 9.17) is 4.74 Å². The highest BCUT2D eigenvalue weighted by atomic mass is 16.5. The molecule has 6 heteroatoms. The second-order valence-corrected chi connectivity index (χ2v) is 7.01. The molecule has 1 N–H and O–H groups in total. The van der Waals surface area contributed by atoms with Gasteiger partial charge in [0.25, 0.3) is 0 Å². The van der Waals surface area contributed by atoms with Crippen LogP contribution in [0.4, 0.5) is 5.69 Å². The first-order chi connectivity index (χ1) is 13.5. The Labute approximate surface area is 163 Å². The molecule has 6 nitrogen and oxygen atoms in total. The number of rotatable bonds is 8. The average molecular weight is 381 g/mol. The molecule has 1 aliphatic heterocycles. The maximum Gasteiger partial charge on any atom is 0.214 e. The van der Waals surface area contributed by atoms with Crippen LogP contribution in [0.1, 0.15) is 35.7 Å². The molecular weight excluding hydrogens is 358 g/mol. The summed E-state index contributed by atoms with van der Waals surface area (Å²) >= 11 is 0. The van der Waals surface area contributed by atoms with Gasteiger partial charge in [-0.05, 0) is 31.7 Å². The summed E-state index contributed by atoms with van der Waals surface area (Å²) in [5.41, 5.74) is 1.52. The van der Waals surface area contributed by atoms with Gasteiger partial charge in [-0.25, -0.2) is 0 Å². The highest BCUT2D eigenvalue weighted by molar-refractivity contribution is 6.14. The molecule has 2 unspecified atom stereocenters. The van der Waals surface area contributed by atoms with Gasteiger partial charge in [-0.1, -0.05) is 30.3 Å². The van der Waals surface area contributed by atoms with Crippen LogP contribution in [-0.4, -0.2) is 36.2 Å². The summed E-state index contributed by atoms with van der Waals surface area (Å²) in [7, 11) is 0. The third kappa shape index (κ3) is 4.22. The van der Waals surface area contributed by atoms with Crippen molar-refractivity contribution in [2.24, 2.45) is 5.92 Å². The molecule has 0 aliphatic carbocycles. The normalized spacial score (nSPS) is 17.0. The Morgan fingerprint density at radius 3 is 2.68 bits per heavy atom. The van der Waals surface area contributed by atoms with Crippen LogP contribution in [0.15, 0.2) is 42.5 Å². The maximum absolute atomic E-state index is 12.4. The minimum absolute atomic E-state index is 0.0143. The quantitative estimate of drug-likeness (QED) is 0.561. The number of carbonyl (C=O) groups is 3. The molecule has 0 bridgehead atoms. The van der Waals surface area contributed by atoms with Crippen molar-refractivity contribution in [3.63, 3.8) is 0 Å². The van der Waals surface area contributed by atoms with E-state index in [9.17, 15) is 19.5 Å². The van der Waals surface area contributed by atoms with Gasteiger partial charge >= 0.3 is 0 Å². The third-order valence-electron chi connectivity index (χ3n) is 4.90. The predicted molar refractivity (Wildman–Crippen MR) is 105 cm³/mol. The fourth-order valence-electron chi connectivity index (χ4n) is 3.45. The van der Waals surface area contributed by atoms with Crippen LogP contribution >= 0.6 is 0 Å². The van der Waals surface area contributed by atoms with Crippen molar-refractivity contribution in [2.45, 2.75) is 32.3 Å². The Hall–Kier alpha value is -3.15. The second kappa shape index (κ2) is 8.69. The van der Waals surface area contributed by atoms with Gasteiger partial charge in [0.15, 0.2) is 5.78 Å². The summed E-state index contributed by atoms with van der Waals surface area (Å²) in [5, 5.41) is 10.3. The van der Waals surface area contributed by atoms with Gasteiger partial charge < -0.3 is 19.5 Å². The van der Waals surface area contributed by atoms with Gasteiger partial charge in [-0.2, -0.15) is 0 Å². The second-order valence-electron chi connectivity index (χ2n) is 7.01. The lowest BCUT2D eigenvalue weighted by Gasteiger charge is -2.29. The third-order valence-corrected chi connectivity index (χ3v) is 4.90. The van der Waals surface area contributed by atoms with E-state index in [0.29, 0.717) is 18.4 Å². The number of phenols is 1. The largest absolute Gasteiger partial charge is 0.507 e. The number of ether oxygens (including phenoxy) is 1. The number of aromatic hydroxyl groups is 1. The first-order valence-electron chi connectivity index (χ1n) is 9.32. The topological polar surface area (TPSA) is 83.9 Å². The number of aldehydes is 1. The summed E-state index contributed by atoms with van der Waals surface area (Å²) < 4.78 is 5.90. The number of nitrogens with zero attached hydrogens (tertiary/aromatic N) is 1. The molecule has 1 amide bonds. The van der Waals surface area contributed by atoms with Crippen LogP contribution in [0.25, 0.3) is 0 Å². The molecule has 0 saturated heterocycles. The highest BCUT2D eigenvalue weighted by Crippen LogP contribution is 2.38. The number of benzene rings is 2. The standard InChI is InChI=1S/C22H23NO5/c1-15(6-5-9-16-7-3-2-4-8-16)28-18-10-19-21(20(26)11-18)22(27)17(13-24)12-23(19)14-25/h2-4,7-8,10-11,13-15,17,26H,5-6,9,12H2,1H3. The first-order valence-corrected chi connectivity index (χ1v) is 9.32. The smallest absolute Gasteiger partial charge is 0.214 e. The molecule has 2 atom stereocenters. The number of ketones is 1. The zero-order valence-electron chi connectivity index (χ0n) is 15.7. The monoisotopic (exact) mass is 381 g/mol. The minimum atomic E-state index is -0.965. The van der Waals surface area contributed by atoms with Crippen LogP contribution in [-0.2, 0) is 16.0 Å². The fourth-order valence-corrected chi connectivity index (χ4v) is 3.45. The zero-order valence-corrected chi connectivity index (χ0v) is 15.7. The molecule has 146 valence electrons. The van der Waals surface area contributed by atoms with E-state index in [1.54, 1.807) is 6.07 Å². The first kappa shape index (κ1) is 19.6. The van der Waals surface area contributed by atoms with Crippen molar-refractivity contribution in [1.29, 1.82) is 0 Å². The summed E-state index contributed by atoms with van der Waals surface area (Å²) in [6.07, 6.45) is 3.66. The van der Waals surface area contributed by atoms with E-state index in [-0.39, 0.29) is 29.6 Å². The van der Waals surface area contributed by atoms with Crippen LogP contribution in [0.2, 0.25) is 0 Å². The van der Waals surface area contributed by atoms with Gasteiger partial charge in [0.2, 0.25) is 6.41 Å². The van der Waals surface area contributed by atoms with E-state index in [1.165, 1.54) is 16.5 Å². The maximum atomic E-state index is 12.4. The molecule has 1 aliphatic rings. The minimum Gasteiger partial charge on any atom is -0.507 e. The number of Topliss-reactive ketones (excluding diaryl/α,β-unsaturated/α-hetero) is 1. The Morgan fingerprint density at radius 1 is 1.25 bits per heavy atom. The van der Waals surface area contributed by atoms with Crippen molar-refractivity contribution in [2.75, 3.05) is 11.4 Å². The van der Waals surface area contributed by atoms with E-state index >= 15 is 0 Å². The van der Waals surface area contributed by atoms with Crippen molar-refractivity contribution in [3.05, 3.63) is 53.6 Å². The van der Waals surface area contributed by atoms with Crippen LogP contribution in [0.5, 0.6) is 11.5 Å². The van der Waals surface area contributed by atoms with E-state index in [0.717, 1.165) is 19.3 Å². The van der Waals surface area contributed by atoms with Crippen molar-refractivity contribution >= 4 is 24.2 Å².